The standard InChI is InChI=1S/C13H25N3O3/c1-3-5-12(17)15-10-6-4-7-16(8-10)13(18)11(14)9-19-2/h10-11H,3-9,14H2,1-2H3,(H,15,17). The summed E-state index contributed by atoms with van der Waals surface area (Å²) < 4.78 is 4.90. The van der Waals surface area contributed by atoms with Gasteiger partial charge in [-0.1, -0.05) is 6.92 Å². The van der Waals surface area contributed by atoms with Crippen molar-refractivity contribution >= 4 is 11.8 Å². The van der Waals surface area contributed by atoms with Crippen LogP contribution in [0.2, 0.25) is 0 Å². The van der Waals surface area contributed by atoms with Crippen molar-refractivity contribution in [3.63, 3.8) is 0 Å². The van der Waals surface area contributed by atoms with Crippen LogP contribution in [0.25, 0.3) is 0 Å². The molecule has 1 rings (SSSR count). The van der Waals surface area contributed by atoms with Crippen molar-refractivity contribution in [2.75, 3.05) is 26.8 Å². The van der Waals surface area contributed by atoms with Crippen LogP contribution < -0.4 is 11.1 Å². The van der Waals surface area contributed by atoms with Gasteiger partial charge in [0.2, 0.25) is 11.8 Å². The molecule has 0 aromatic carbocycles. The van der Waals surface area contributed by atoms with Crippen molar-refractivity contribution < 1.29 is 14.3 Å². The summed E-state index contributed by atoms with van der Waals surface area (Å²) >= 11 is 0. The first kappa shape index (κ1) is 15.9. The van der Waals surface area contributed by atoms with Gasteiger partial charge in [-0.3, -0.25) is 9.59 Å². The third kappa shape index (κ3) is 5.16. The van der Waals surface area contributed by atoms with E-state index in [9.17, 15) is 9.59 Å². The van der Waals surface area contributed by atoms with Crippen LogP contribution in [0.1, 0.15) is 32.6 Å². The summed E-state index contributed by atoms with van der Waals surface area (Å²) in [6.07, 6.45) is 3.18. The number of nitrogens with one attached hydrogen (secondary N) is 1. The number of rotatable bonds is 6. The van der Waals surface area contributed by atoms with Crippen LogP contribution in [0.4, 0.5) is 0 Å². The van der Waals surface area contributed by atoms with Crippen molar-refractivity contribution in [2.24, 2.45) is 5.73 Å². The molecule has 0 saturated carbocycles. The van der Waals surface area contributed by atoms with Crippen molar-refractivity contribution in [1.29, 1.82) is 0 Å². The molecule has 3 N–H and O–H groups in total. The lowest BCUT2D eigenvalue weighted by molar-refractivity contribution is -0.136. The van der Waals surface area contributed by atoms with Gasteiger partial charge in [-0.2, -0.15) is 0 Å². The molecule has 6 heteroatoms. The number of methoxy groups -OCH3 is 1. The Labute approximate surface area is 114 Å². The fraction of sp³-hybridized carbons (Fsp3) is 0.846. The molecule has 1 fully saturated rings. The second kappa shape index (κ2) is 8.12. The zero-order valence-electron chi connectivity index (χ0n) is 11.9. The third-order valence-corrected chi connectivity index (χ3v) is 3.24. The summed E-state index contributed by atoms with van der Waals surface area (Å²) in [4.78, 5) is 25.3. The van der Waals surface area contributed by atoms with Crippen molar-refractivity contribution in [3.8, 4) is 0 Å². The Morgan fingerprint density at radius 3 is 2.89 bits per heavy atom. The Balaban J connectivity index is 2.45. The van der Waals surface area contributed by atoms with E-state index in [0.717, 1.165) is 19.3 Å². The summed E-state index contributed by atoms with van der Waals surface area (Å²) in [5.41, 5.74) is 5.75. The van der Waals surface area contributed by atoms with E-state index in [4.69, 9.17) is 10.5 Å². The molecule has 0 aliphatic carbocycles. The molecule has 0 spiro atoms. The van der Waals surface area contributed by atoms with E-state index in [1.54, 1.807) is 4.90 Å². The number of nitrogens with zero attached hydrogens (tertiary/aromatic N) is 1. The molecule has 0 aromatic heterocycles. The largest absolute Gasteiger partial charge is 0.383 e. The van der Waals surface area contributed by atoms with Crippen LogP contribution >= 0.6 is 0 Å². The molecule has 2 amide bonds. The van der Waals surface area contributed by atoms with E-state index in [1.165, 1.54) is 7.11 Å². The number of ether oxygens (including phenoxy) is 1. The van der Waals surface area contributed by atoms with Gasteiger partial charge in [-0.05, 0) is 19.3 Å². The molecule has 110 valence electrons. The molecule has 2 unspecified atom stereocenters. The van der Waals surface area contributed by atoms with Crippen LogP contribution in [0.15, 0.2) is 0 Å². The SMILES string of the molecule is CCCC(=O)NC1CCCN(C(=O)C(N)COC)C1. The molecule has 0 aromatic rings. The topological polar surface area (TPSA) is 84.7 Å². The lowest BCUT2D eigenvalue weighted by atomic mass is 10.0. The highest BCUT2D eigenvalue weighted by Gasteiger charge is 2.27. The van der Waals surface area contributed by atoms with Gasteiger partial charge >= 0.3 is 0 Å². The number of nitrogens with two attached hydrogens (primary N) is 1. The van der Waals surface area contributed by atoms with Gasteiger partial charge in [0.05, 0.1) is 6.61 Å². The monoisotopic (exact) mass is 271 g/mol. The number of hydrogen-bond acceptors (Lipinski definition) is 4. The molecule has 1 heterocycles. The lowest BCUT2D eigenvalue weighted by Gasteiger charge is -2.34. The number of carbonyl (C=O) groups is 2. The fourth-order valence-electron chi connectivity index (χ4n) is 2.31. The maximum atomic E-state index is 12.1. The number of carbonyl (C=O) groups excluding carboxylic acids is 2. The summed E-state index contributed by atoms with van der Waals surface area (Å²) in [5, 5.41) is 2.97. The number of amides is 2. The van der Waals surface area contributed by atoms with Gasteiger partial charge < -0.3 is 20.7 Å². The molecule has 1 aliphatic rings. The Hall–Kier alpha value is -1.14. The first-order valence-electron chi connectivity index (χ1n) is 6.91. The second-order valence-electron chi connectivity index (χ2n) is 5.00. The molecule has 19 heavy (non-hydrogen) atoms. The van der Waals surface area contributed by atoms with E-state index in [0.29, 0.717) is 19.5 Å². The van der Waals surface area contributed by atoms with Crippen molar-refractivity contribution in [2.45, 2.75) is 44.7 Å². The van der Waals surface area contributed by atoms with Crippen LogP contribution in [-0.4, -0.2) is 55.6 Å². The maximum Gasteiger partial charge on any atom is 0.241 e. The van der Waals surface area contributed by atoms with Gasteiger partial charge in [0.1, 0.15) is 6.04 Å². The number of piperidine rings is 1. The normalized spacial score (nSPS) is 21.0. The lowest BCUT2D eigenvalue weighted by Crippen LogP contribution is -2.54. The summed E-state index contributed by atoms with van der Waals surface area (Å²) in [5.74, 6) is -0.0423. The quantitative estimate of drug-likeness (QED) is 0.704. The molecular weight excluding hydrogens is 246 g/mol. The minimum absolute atomic E-state index is 0.0477. The van der Waals surface area contributed by atoms with Gasteiger partial charge in [0.25, 0.3) is 0 Å². The molecule has 0 bridgehead atoms. The first-order chi connectivity index (χ1) is 9.08. The average molecular weight is 271 g/mol. The Morgan fingerprint density at radius 1 is 1.53 bits per heavy atom. The first-order valence-corrected chi connectivity index (χ1v) is 6.91. The van der Waals surface area contributed by atoms with Gasteiger partial charge in [-0.25, -0.2) is 0 Å². The highest BCUT2D eigenvalue weighted by atomic mass is 16.5. The van der Waals surface area contributed by atoms with Crippen molar-refractivity contribution in [3.05, 3.63) is 0 Å². The van der Waals surface area contributed by atoms with Gasteiger partial charge in [-0.15, -0.1) is 0 Å². The van der Waals surface area contributed by atoms with Crippen LogP contribution in [-0.2, 0) is 14.3 Å². The zero-order chi connectivity index (χ0) is 14.3. The molecule has 0 radical (unpaired) electrons. The predicted octanol–water partition coefficient (Wildman–Crippen LogP) is -0.133. The minimum atomic E-state index is -0.616. The molecule has 1 saturated heterocycles. The minimum Gasteiger partial charge on any atom is -0.383 e. The highest BCUT2D eigenvalue weighted by molar-refractivity contribution is 5.82. The van der Waals surface area contributed by atoms with E-state index >= 15 is 0 Å². The average Bonchev–Trinajstić information content (AvgIpc) is 2.38. The summed E-state index contributed by atoms with van der Waals surface area (Å²) in [6, 6.07) is -0.568. The van der Waals surface area contributed by atoms with Gasteiger partial charge in [0.15, 0.2) is 0 Å². The smallest absolute Gasteiger partial charge is 0.241 e. The van der Waals surface area contributed by atoms with E-state index in [1.807, 2.05) is 6.92 Å². The highest BCUT2D eigenvalue weighted by Crippen LogP contribution is 2.11. The Bertz CT molecular complexity index is 310. The number of hydrogen-bond donors (Lipinski definition) is 2. The second-order valence-corrected chi connectivity index (χ2v) is 5.00. The van der Waals surface area contributed by atoms with E-state index in [-0.39, 0.29) is 24.5 Å². The van der Waals surface area contributed by atoms with E-state index in [2.05, 4.69) is 5.32 Å². The predicted molar refractivity (Wildman–Crippen MR) is 72.5 cm³/mol. The van der Waals surface area contributed by atoms with Crippen LogP contribution in [0.3, 0.4) is 0 Å². The van der Waals surface area contributed by atoms with Gasteiger partial charge in [0, 0.05) is 32.7 Å². The molecule has 1 aliphatic heterocycles. The third-order valence-electron chi connectivity index (χ3n) is 3.24. The Kier molecular flexibility index (Phi) is 6.80. The zero-order valence-corrected chi connectivity index (χ0v) is 11.9. The van der Waals surface area contributed by atoms with Crippen LogP contribution in [0.5, 0.6) is 0 Å². The molecular formula is C13H25N3O3. The maximum absolute atomic E-state index is 12.1. The van der Waals surface area contributed by atoms with Crippen molar-refractivity contribution in [1.82, 2.24) is 10.2 Å². The summed E-state index contributed by atoms with van der Waals surface area (Å²) in [7, 11) is 1.52. The Morgan fingerprint density at radius 2 is 2.26 bits per heavy atom. The number of likely N-dealkylation sites (tertiary alicyclic amines) is 1. The molecule has 2 atom stereocenters. The fourth-order valence-corrected chi connectivity index (χ4v) is 2.31. The van der Waals surface area contributed by atoms with Crippen LogP contribution in [0, 0.1) is 0 Å². The molecule has 6 nitrogen and oxygen atoms in total. The summed E-state index contributed by atoms with van der Waals surface area (Å²) in [6.45, 7) is 3.45. The van der Waals surface area contributed by atoms with E-state index < -0.39 is 6.04 Å².